The van der Waals surface area contributed by atoms with E-state index in [2.05, 4.69) is 35.2 Å². The second-order valence-electron chi connectivity index (χ2n) is 5.77. The Labute approximate surface area is 126 Å². The molecule has 1 heterocycles. The maximum Gasteiger partial charge on any atom is 0.240 e. The zero-order chi connectivity index (χ0) is 15.2. The highest BCUT2D eigenvalue weighted by atomic mass is 16.2. The van der Waals surface area contributed by atoms with Gasteiger partial charge in [-0.05, 0) is 38.7 Å². The average molecular weight is 288 g/mol. The summed E-state index contributed by atoms with van der Waals surface area (Å²) in [6, 6.07) is 8.78. The van der Waals surface area contributed by atoms with Crippen LogP contribution in [0.5, 0.6) is 0 Å². The fourth-order valence-electron chi connectivity index (χ4n) is 2.59. The van der Waals surface area contributed by atoms with E-state index >= 15 is 0 Å². The molecule has 1 aliphatic rings. The van der Waals surface area contributed by atoms with Crippen LogP contribution in [0.1, 0.15) is 37.8 Å². The Hall–Kier alpha value is -1.72. The number of carbonyl (C=O) groups is 1. The van der Waals surface area contributed by atoms with Crippen LogP contribution < -0.4 is 16.3 Å². The number of nitrogens with zero attached hydrogens (tertiary/aromatic N) is 1. The molecule has 2 rings (SSSR count). The van der Waals surface area contributed by atoms with Crippen molar-refractivity contribution in [3.63, 3.8) is 0 Å². The molecule has 5 nitrogen and oxygen atoms in total. The molecule has 1 amide bonds. The minimum Gasteiger partial charge on any atom is -0.273 e. The third-order valence-corrected chi connectivity index (χ3v) is 4.01. The van der Waals surface area contributed by atoms with Gasteiger partial charge in [-0.1, -0.05) is 29.8 Å². The van der Waals surface area contributed by atoms with E-state index in [4.69, 9.17) is 0 Å². The largest absolute Gasteiger partial charge is 0.273 e. The van der Waals surface area contributed by atoms with Crippen molar-refractivity contribution >= 4 is 12.1 Å². The van der Waals surface area contributed by atoms with Crippen molar-refractivity contribution in [3.8, 4) is 0 Å². The van der Waals surface area contributed by atoms with E-state index in [1.54, 1.807) is 6.21 Å². The Morgan fingerprint density at radius 1 is 1.24 bits per heavy atom. The number of aryl methyl sites for hydroxylation is 1. The minimum absolute atomic E-state index is 0.0374. The summed E-state index contributed by atoms with van der Waals surface area (Å²) in [5.74, 6) is 0.432. The van der Waals surface area contributed by atoms with Crippen LogP contribution in [0.2, 0.25) is 0 Å². The third kappa shape index (κ3) is 4.65. The van der Waals surface area contributed by atoms with Gasteiger partial charge in [0.05, 0.1) is 6.21 Å². The van der Waals surface area contributed by atoms with Gasteiger partial charge in [-0.25, -0.2) is 5.43 Å². The van der Waals surface area contributed by atoms with Crippen LogP contribution in [0.4, 0.5) is 0 Å². The summed E-state index contributed by atoms with van der Waals surface area (Å²) in [5, 5.41) is 4.00. The molecule has 2 unspecified atom stereocenters. The standard InChI is InChI=1S/C16H24N4O/c1-11-4-6-14(7-5-11)10-17-20-16(21)9-8-15-12(2)18-19-13(15)3/h4-7,10,12-13,15,18-19H,8-9H2,1-3H3,(H,20,21)/b17-10+. The number of hydrogen-bond acceptors (Lipinski definition) is 4. The smallest absolute Gasteiger partial charge is 0.240 e. The second kappa shape index (κ2) is 7.33. The molecule has 1 saturated heterocycles. The Kier molecular flexibility index (Phi) is 5.47. The molecule has 0 saturated carbocycles. The van der Waals surface area contributed by atoms with Crippen LogP contribution in [-0.4, -0.2) is 24.2 Å². The Bertz CT molecular complexity index is 488. The van der Waals surface area contributed by atoms with E-state index in [1.165, 1.54) is 5.56 Å². The number of amides is 1. The number of benzene rings is 1. The third-order valence-electron chi connectivity index (χ3n) is 4.01. The van der Waals surface area contributed by atoms with Gasteiger partial charge in [0.2, 0.25) is 5.91 Å². The van der Waals surface area contributed by atoms with E-state index in [1.807, 2.05) is 31.2 Å². The first-order valence-electron chi connectivity index (χ1n) is 7.46. The van der Waals surface area contributed by atoms with Gasteiger partial charge in [0.1, 0.15) is 0 Å². The highest BCUT2D eigenvalue weighted by Gasteiger charge is 2.29. The molecule has 5 heteroatoms. The van der Waals surface area contributed by atoms with Crippen molar-refractivity contribution in [1.29, 1.82) is 0 Å². The van der Waals surface area contributed by atoms with Crippen molar-refractivity contribution < 1.29 is 4.79 Å². The summed E-state index contributed by atoms with van der Waals surface area (Å²) in [4.78, 5) is 11.8. The van der Waals surface area contributed by atoms with Crippen molar-refractivity contribution in [2.45, 2.75) is 45.7 Å². The molecule has 1 aliphatic heterocycles. The van der Waals surface area contributed by atoms with E-state index in [-0.39, 0.29) is 5.91 Å². The first kappa shape index (κ1) is 15.7. The summed E-state index contributed by atoms with van der Waals surface area (Å²) < 4.78 is 0. The molecule has 1 aromatic carbocycles. The number of hydrazine groups is 1. The predicted octanol–water partition coefficient (Wildman–Crippen LogP) is 1.73. The molecule has 0 bridgehead atoms. The quantitative estimate of drug-likeness (QED) is 0.571. The first-order chi connectivity index (χ1) is 10.1. The van der Waals surface area contributed by atoms with Crippen LogP contribution >= 0.6 is 0 Å². The maximum absolute atomic E-state index is 11.8. The molecule has 2 atom stereocenters. The summed E-state index contributed by atoms with van der Waals surface area (Å²) in [5.41, 5.74) is 11.2. The van der Waals surface area contributed by atoms with Crippen molar-refractivity contribution in [2.24, 2.45) is 11.0 Å². The summed E-state index contributed by atoms with van der Waals surface area (Å²) >= 11 is 0. The van der Waals surface area contributed by atoms with Gasteiger partial charge in [-0.15, -0.1) is 0 Å². The lowest BCUT2D eigenvalue weighted by molar-refractivity contribution is -0.121. The summed E-state index contributed by atoms with van der Waals surface area (Å²) in [7, 11) is 0. The highest BCUT2D eigenvalue weighted by Crippen LogP contribution is 2.19. The number of hydrazone groups is 1. The lowest BCUT2D eigenvalue weighted by Gasteiger charge is -2.16. The highest BCUT2D eigenvalue weighted by molar-refractivity contribution is 5.82. The fourth-order valence-corrected chi connectivity index (χ4v) is 2.59. The van der Waals surface area contributed by atoms with Crippen LogP contribution in [0.15, 0.2) is 29.4 Å². The SMILES string of the molecule is Cc1ccc(/C=N/NC(=O)CCC2C(C)NNC2C)cc1. The van der Waals surface area contributed by atoms with E-state index in [0.29, 0.717) is 24.4 Å². The molecule has 0 aromatic heterocycles. The molecular formula is C16H24N4O. The first-order valence-corrected chi connectivity index (χ1v) is 7.46. The topological polar surface area (TPSA) is 65.5 Å². The molecule has 0 spiro atoms. The number of nitrogens with one attached hydrogen (secondary N) is 3. The van der Waals surface area contributed by atoms with E-state index in [9.17, 15) is 4.79 Å². The molecule has 3 N–H and O–H groups in total. The van der Waals surface area contributed by atoms with Crippen LogP contribution in [-0.2, 0) is 4.79 Å². The summed E-state index contributed by atoms with van der Waals surface area (Å²) in [6.45, 7) is 6.31. The van der Waals surface area contributed by atoms with Gasteiger partial charge in [-0.3, -0.25) is 15.6 Å². The maximum atomic E-state index is 11.8. The average Bonchev–Trinajstić information content (AvgIpc) is 2.78. The van der Waals surface area contributed by atoms with Gasteiger partial charge in [0.25, 0.3) is 0 Å². The Balaban J connectivity index is 1.73. The van der Waals surface area contributed by atoms with Gasteiger partial charge in [0, 0.05) is 18.5 Å². The molecule has 0 radical (unpaired) electrons. The molecule has 1 aromatic rings. The zero-order valence-electron chi connectivity index (χ0n) is 12.9. The molecule has 114 valence electrons. The molecule has 0 aliphatic carbocycles. The van der Waals surface area contributed by atoms with Gasteiger partial charge in [-0.2, -0.15) is 5.10 Å². The molecule has 1 fully saturated rings. The monoisotopic (exact) mass is 288 g/mol. The van der Waals surface area contributed by atoms with Crippen LogP contribution in [0, 0.1) is 12.8 Å². The van der Waals surface area contributed by atoms with Crippen LogP contribution in [0.25, 0.3) is 0 Å². The van der Waals surface area contributed by atoms with Gasteiger partial charge >= 0.3 is 0 Å². The van der Waals surface area contributed by atoms with Gasteiger partial charge < -0.3 is 0 Å². The second-order valence-corrected chi connectivity index (χ2v) is 5.77. The van der Waals surface area contributed by atoms with Crippen molar-refractivity contribution in [2.75, 3.05) is 0 Å². The number of carbonyl (C=O) groups excluding carboxylic acids is 1. The number of hydrogen-bond donors (Lipinski definition) is 3. The van der Waals surface area contributed by atoms with Crippen molar-refractivity contribution in [1.82, 2.24) is 16.3 Å². The van der Waals surface area contributed by atoms with E-state index < -0.39 is 0 Å². The summed E-state index contributed by atoms with van der Waals surface area (Å²) in [6.07, 6.45) is 3.02. The normalized spacial score (nSPS) is 25.4. The van der Waals surface area contributed by atoms with Crippen LogP contribution in [0.3, 0.4) is 0 Å². The lowest BCUT2D eigenvalue weighted by atomic mass is 9.91. The Morgan fingerprint density at radius 2 is 1.86 bits per heavy atom. The lowest BCUT2D eigenvalue weighted by Crippen LogP contribution is -2.30. The molecular weight excluding hydrogens is 264 g/mol. The minimum atomic E-state index is -0.0374. The van der Waals surface area contributed by atoms with Gasteiger partial charge in [0.15, 0.2) is 0 Å². The van der Waals surface area contributed by atoms with Crippen molar-refractivity contribution in [3.05, 3.63) is 35.4 Å². The molecule has 21 heavy (non-hydrogen) atoms. The number of rotatable bonds is 5. The fraction of sp³-hybridized carbons (Fsp3) is 0.500. The van der Waals surface area contributed by atoms with E-state index in [0.717, 1.165) is 12.0 Å². The predicted molar refractivity (Wildman–Crippen MR) is 84.8 cm³/mol. The Morgan fingerprint density at radius 3 is 2.48 bits per heavy atom. The zero-order valence-corrected chi connectivity index (χ0v) is 12.9.